The van der Waals surface area contributed by atoms with Gasteiger partial charge < -0.3 is 15.4 Å². The minimum absolute atomic E-state index is 0.0506. The maximum absolute atomic E-state index is 12.3. The van der Waals surface area contributed by atoms with Crippen molar-refractivity contribution in [1.82, 2.24) is 20.5 Å². The molecule has 1 aliphatic carbocycles. The number of ether oxygens (including phenoxy) is 1. The van der Waals surface area contributed by atoms with Gasteiger partial charge in [0.1, 0.15) is 6.10 Å². The van der Waals surface area contributed by atoms with Crippen molar-refractivity contribution in [2.45, 2.75) is 24.9 Å². The first-order valence-electron chi connectivity index (χ1n) is 8.06. The van der Waals surface area contributed by atoms with E-state index in [-0.39, 0.29) is 17.7 Å². The zero-order chi connectivity index (χ0) is 16.5. The summed E-state index contributed by atoms with van der Waals surface area (Å²) in [5, 5.41) is 13.4. The molecule has 24 heavy (non-hydrogen) atoms. The molecule has 8 heteroatoms. The normalized spacial score (nSPS) is 20.8. The molecule has 0 unspecified atom stereocenters. The number of pyridine rings is 1. The highest BCUT2D eigenvalue weighted by Crippen LogP contribution is 2.42. The number of carbonyl (C=O) groups is 1. The van der Waals surface area contributed by atoms with Gasteiger partial charge in [-0.15, -0.1) is 0 Å². The van der Waals surface area contributed by atoms with E-state index in [1.807, 2.05) is 6.07 Å². The zero-order valence-electron chi connectivity index (χ0n) is 13.0. The molecule has 1 saturated heterocycles. The Balaban J connectivity index is 1.43. The Hall–Kier alpha value is -1.96. The number of anilines is 1. The summed E-state index contributed by atoms with van der Waals surface area (Å²) >= 11 is 6.25. The van der Waals surface area contributed by atoms with E-state index in [4.69, 9.17) is 16.3 Å². The Bertz CT molecular complexity index is 735. The first-order chi connectivity index (χ1) is 11.7. The second kappa shape index (κ2) is 6.51. The number of rotatable bonds is 4. The number of hydrogen-bond acceptors (Lipinski definition) is 5. The van der Waals surface area contributed by atoms with E-state index >= 15 is 0 Å². The van der Waals surface area contributed by atoms with Gasteiger partial charge in [-0.05, 0) is 25.0 Å². The highest BCUT2D eigenvalue weighted by Gasteiger charge is 2.30. The molecule has 2 aliphatic rings. The van der Waals surface area contributed by atoms with E-state index in [0.29, 0.717) is 23.2 Å². The molecule has 1 saturated carbocycles. The van der Waals surface area contributed by atoms with Gasteiger partial charge in [0, 0.05) is 19.0 Å². The van der Waals surface area contributed by atoms with Gasteiger partial charge in [0.2, 0.25) is 0 Å². The Morgan fingerprint density at radius 1 is 1.38 bits per heavy atom. The van der Waals surface area contributed by atoms with Gasteiger partial charge in [-0.2, -0.15) is 5.10 Å². The number of morpholine rings is 1. The number of H-pyrrole nitrogens is 1. The predicted molar refractivity (Wildman–Crippen MR) is 89.3 cm³/mol. The summed E-state index contributed by atoms with van der Waals surface area (Å²) in [5.41, 5.74) is 2.52. The monoisotopic (exact) mass is 347 g/mol. The van der Waals surface area contributed by atoms with Crippen LogP contribution in [-0.2, 0) is 4.74 Å². The molecule has 1 amide bonds. The molecule has 0 aromatic carbocycles. The number of halogens is 1. The number of hydrogen-bond donors (Lipinski definition) is 3. The number of aromatic amines is 1. The molecule has 2 aromatic rings. The van der Waals surface area contributed by atoms with Crippen molar-refractivity contribution >= 4 is 23.2 Å². The van der Waals surface area contributed by atoms with Gasteiger partial charge in [-0.1, -0.05) is 11.6 Å². The van der Waals surface area contributed by atoms with Crippen LogP contribution in [0.15, 0.2) is 18.3 Å². The van der Waals surface area contributed by atoms with Crippen LogP contribution in [0.2, 0.25) is 5.02 Å². The minimum Gasteiger partial charge on any atom is -0.369 e. The van der Waals surface area contributed by atoms with E-state index < -0.39 is 0 Å². The lowest BCUT2D eigenvalue weighted by molar-refractivity contribution is 0.0250. The second-order valence-electron chi connectivity index (χ2n) is 6.06. The van der Waals surface area contributed by atoms with Crippen LogP contribution < -0.4 is 10.6 Å². The summed E-state index contributed by atoms with van der Waals surface area (Å²) in [6.45, 7) is 2.27. The molecular formula is C16H18ClN5O2. The summed E-state index contributed by atoms with van der Waals surface area (Å²) in [6.07, 6.45) is 3.75. The molecule has 4 rings (SSSR count). The summed E-state index contributed by atoms with van der Waals surface area (Å²) in [4.78, 5) is 16.7. The van der Waals surface area contributed by atoms with E-state index in [2.05, 4.69) is 25.8 Å². The van der Waals surface area contributed by atoms with Crippen LogP contribution in [0.5, 0.6) is 0 Å². The van der Waals surface area contributed by atoms with E-state index in [0.717, 1.165) is 37.3 Å². The topological polar surface area (TPSA) is 91.9 Å². The smallest absolute Gasteiger partial charge is 0.277 e. The number of nitrogens with one attached hydrogen (secondary N) is 3. The number of carbonyl (C=O) groups excluding carboxylic acids is 1. The third-order valence-corrected chi connectivity index (χ3v) is 4.62. The van der Waals surface area contributed by atoms with Crippen LogP contribution >= 0.6 is 11.6 Å². The van der Waals surface area contributed by atoms with Crippen LogP contribution in [0.3, 0.4) is 0 Å². The lowest BCUT2D eigenvalue weighted by atomic mass is 10.2. The third-order valence-electron chi connectivity index (χ3n) is 4.23. The molecule has 126 valence electrons. The van der Waals surface area contributed by atoms with Crippen molar-refractivity contribution < 1.29 is 9.53 Å². The number of aromatic nitrogens is 3. The number of amides is 1. The van der Waals surface area contributed by atoms with Crippen molar-refractivity contribution in [3.63, 3.8) is 0 Å². The van der Waals surface area contributed by atoms with E-state index in [1.54, 1.807) is 12.3 Å². The SMILES string of the molecule is O=C(Nc1ccc([C@@H]2CNCCO2)nc1)c1n[nH]c(C2CC2)c1Cl. The van der Waals surface area contributed by atoms with Crippen LogP contribution in [0.1, 0.15) is 46.7 Å². The first-order valence-corrected chi connectivity index (χ1v) is 8.43. The maximum Gasteiger partial charge on any atom is 0.277 e. The summed E-state index contributed by atoms with van der Waals surface area (Å²) < 4.78 is 5.66. The van der Waals surface area contributed by atoms with Crippen molar-refractivity contribution in [2.24, 2.45) is 0 Å². The fourth-order valence-corrected chi connectivity index (χ4v) is 3.07. The second-order valence-corrected chi connectivity index (χ2v) is 6.44. The molecule has 3 heterocycles. The molecule has 2 aromatic heterocycles. The molecule has 0 spiro atoms. The maximum atomic E-state index is 12.3. The van der Waals surface area contributed by atoms with Crippen molar-refractivity contribution in [3.8, 4) is 0 Å². The van der Waals surface area contributed by atoms with Crippen molar-refractivity contribution in [2.75, 3.05) is 25.0 Å². The third kappa shape index (κ3) is 3.15. The first kappa shape index (κ1) is 15.6. The molecule has 0 radical (unpaired) electrons. The van der Waals surface area contributed by atoms with Crippen molar-refractivity contribution in [1.29, 1.82) is 0 Å². The van der Waals surface area contributed by atoms with Crippen molar-refractivity contribution in [3.05, 3.63) is 40.4 Å². The molecule has 7 nitrogen and oxygen atoms in total. The molecule has 1 atom stereocenters. The minimum atomic E-state index is -0.340. The molecular weight excluding hydrogens is 330 g/mol. The lowest BCUT2D eigenvalue weighted by Gasteiger charge is -2.23. The van der Waals surface area contributed by atoms with Gasteiger partial charge in [-0.25, -0.2) is 0 Å². The Morgan fingerprint density at radius 3 is 2.92 bits per heavy atom. The van der Waals surface area contributed by atoms with E-state index in [9.17, 15) is 4.79 Å². The van der Waals surface area contributed by atoms with Crippen LogP contribution in [0.4, 0.5) is 5.69 Å². The average molecular weight is 348 g/mol. The number of nitrogens with zero attached hydrogens (tertiary/aromatic N) is 2. The predicted octanol–water partition coefficient (Wildman–Crippen LogP) is 2.25. The Morgan fingerprint density at radius 2 is 2.25 bits per heavy atom. The lowest BCUT2D eigenvalue weighted by Crippen LogP contribution is -2.33. The van der Waals surface area contributed by atoms with Gasteiger partial charge in [-0.3, -0.25) is 14.9 Å². The van der Waals surface area contributed by atoms with Crippen LogP contribution in [-0.4, -0.2) is 40.8 Å². The summed E-state index contributed by atoms with van der Waals surface area (Å²) in [7, 11) is 0. The quantitative estimate of drug-likeness (QED) is 0.789. The highest BCUT2D eigenvalue weighted by atomic mass is 35.5. The van der Waals surface area contributed by atoms with Gasteiger partial charge in [0.05, 0.1) is 34.9 Å². The molecule has 0 bridgehead atoms. The van der Waals surface area contributed by atoms with Crippen LogP contribution in [0, 0.1) is 0 Å². The summed E-state index contributed by atoms with van der Waals surface area (Å²) in [5.74, 6) is 0.0740. The fraction of sp³-hybridized carbons (Fsp3) is 0.438. The average Bonchev–Trinajstić information content (AvgIpc) is 3.38. The van der Waals surface area contributed by atoms with Gasteiger partial charge in [0.15, 0.2) is 5.69 Å². The Labute approximate surface area is 144 Å². The fourth-order valence-electron chi connectivity index (χ4n) is 2.75. The standard InChI is InChI=1S/C16H18ClN5O2/c17-13-14(9-1-2-9)21-22-15(13)16(23)20-10-3-4-11(19-7-10)12-8-18-5-6-24-12/h3-4,7,9,12,18H,1-2,5-6,8H2,(H,20,23)(H,21,22)/t12-/m0/s1. The largest absolute Gasteiger partial charge is 0.369 e. The Kier molecular flexibility index (Phi) is 4.22. The van der Waals surface area contributed by atoms with E-state index in [1.165, 1.54) is 0 Å². The molecule has 2 fully saturated rings. The zero-order valence-corrected chi connectivity index (χ0v) is 13.8. The van der Waals surface area contributed by atoms with Crippen LogP contribution in [0.25, 0.3) is 0 Å². The highest BCUT2D eigenvalue weighted by molar-refractivity contribution is 6.34. The molecule has 3 N–H and O–H groups in total. The van der Waals surface area contributed by atoms with Gasteiger partial charge in [0.25, 0.3) is 5.91 Å². The summed E-state index contributed by atoms with van der Waals surface area (Å²) in [6, 6.07) is 3.66. The molecule has 1 aliphatic heterocycles. The van der Waals surface area contributed by atoms with Gasteiger partial charge >= 0.3 is 0 Å².